The molecule has 0 saturated carbocycles. The molecule has 2 nitrogen and oxygen atoms in total. The Hall–Kier alpha value is -1.26. The first-order valence-corrected chi connectivity index (χ1v) is 8.04. The van der Waals surface area contributed by atoms with E-state index >= 15 is 0 Å². The van der Waals surface area contributed by atoms with Crippen molar-refractivity contribution in [2.24, 2.45) is 0 Å². The van der Waals surface area contributed by atoms with E-state index in [4.69, 9.17) is 0 Å². The van der Waals surface area contributed by atoms with Crippen molar-refractivity contribution >= 4 is 11.3 Å². The van der Waals surface area contributed by atoms with Gasteiger partial charge < -0.3 is 5.32 Å². The monoisotopic (exact) mass is 292 g/mol. The number of benzene rings is 1. The van der Waals surface area contributed by atoms with Crippen LogP contribution in [0.4, 0.5) is 4.39 Å². The van der Waals surface area contributed by atoms with E-state index < -0.39 is 0 Å². The second-order valence-electron chi connectivity index (χ2n) is 4.88. The Morgan fingerprint density at radius 1 is 1.30 bits per heavy atom. The molecule has 0 aliphatic carbocycles. The fourth-order valence-corrected chi connectivity index (χ4v) is 2.84. The van der Waals surface area contributed by atoms with Gasteiger partial charge in [-0.1, -0.05) is 31.9 Å². The van der Waals surface area contributed by atoms with Gasteiger partial charge in [0, 0.05) is 30.6 Å². The number of hydrogen-bond acceptors (Lipinski definition) is 3. The van der Waals surface area contributed by atoms with E-state index in [9.17, 15) is 4.39 Å². The predicted octanol–water partition coefficient (Wildman–Crippen LogP) is 4.35. The van der Waals surface area contributed by atoms with Crippen molar-refractivity contribution in [2.75, 3.05) is 6.54 Å². The average molecular weight is 292 g/mol. The minimum absolute atomic E-state index is 0.175. The van der Waals surface area contributed by atoms with Crippen LogP contribution in [-0.2, 0) is 6.42 Å². The van der Waals surface area contributed by atoms with Gasteiger partial charge in [0.2, 0.25) is 0 Å². The lowest BCUT2D eigenvalue weighted by atomic mass is 10.0. The molecule has 1 heterocycles. The number of rotatable bonds is 8. The summed E-state index contributed by atoms with van der Waals surface area (Å²) in [4.78, 5) is 4.29. The summed E-state index contributed by atoms with van der Waals surface area (Å²) in [5.74, 6) is -0.175. The molecular formula is C16H21FN2S. The fourth-order valence-electron chi connectivity index (χ4n) is 2.22. The van der Waals surface area contributed by atoms with Crippen LogP contribution in [0, 0.1) is 5.82 Å². The molecule has 0 radical (unpaired) electrons. The highest BCUT2D eigenvalue weighted by molar-refractivity contribution is 7.09. The van der Waals surface area contributed by atoms with Crippen LogP contribution in [0.2, 0.25) is 0 Å². The number of nitrogens with one attached hydrogen (secondary N) is 1. The van der Waals surface area contributed by atoms with E-state index in [1.807, 2.05) is 23.7 Å². The fraction of sp³-hybridized carbons (Fsp3) is 0.438. The zero-order valence-electron chi connectivity index (χ0n) is 11.8. The zero-order valence-corrected chi connectivity index (χ0v) is 12.6. The molecule has 0 saturated heterocycles. The molecule has 0 amide bonds. The first-order chi connectivity index (χ1) is 9.79. The van der Waals surface area contributed by atoms with Crippen molar-refractivity contribution in [3.63, 3.8) is 0 Å². The molecule has 20 heavy (non-hydrogen) atoms. The smallest absolute Gasteiger partial charge is 0.123 e. The first kappa shape index (κ1) is 15.1. The molecular weight excluding hydrogens is 271 g/mol. The summed E-state index contributed by atoms with van der Waals surface area (Å²) in [6.45, 7) is 3.09. The molecule has 0 fully saturated rings. The van der Waals surface area contributed by atoms with Gasteiger partial charge in [0.15, 0.2) is 0 Å². The van der Waals surface area contributed by atoms with E-state index in [-0.39, 0.29) is 5.82 Å². The molecule has 0 aliphatic heterocycles. The van der Waals surface area contributed by atoms with Gasteiger partial charge in [0.25, 0.3) is 0 Å². The number of aromatic nitrogens is 1. The van der Waals surface area contributed by atoms with Gasteiger partial charge in [-0.3, -0.25) is 0 Å². The third-order valence-electron chi connectivity index (χ3n) is 3.33. The molecule has 2 rings (SSSR count). The summed E-state index contributed by atoms with van der Waals surface area (Å²) in [5, 5.41) is 6.73. The number of halogens is 1. The minimum Gasteiger partial charge on any atom is -0.310 e. The van der Waals surface area contributed by atoms with Crippen LogP contribution in [0.1, 0.15) is 42.8 Å². The molecule has 0 bridgehead atoms. The van der Waals surface area contributed by atoms with E-state index in [2.05, 4.69) is 17.2 Å². The molecule has 1 aromatic carbocycles. The third kappa shape index (κ3) is 4.69. The van der Waals surface area contributed by atoms with Crippen molar-refractivity contribution in [1.82, 2.24) is 10.3 Å². The van der Waals surface area contributed by atoms with Crippen LogP contribution in [-0.4, -0.2) is 11.5 Å². The highest BCUT2D eigenvalue weighted by Crippen LogP contribution is 2.20. The van der Waals surface area contributed by atoms with E-state index in [1.54, 1.807) is 11.3 Å². The molecule has 0 spiro atoms. The van der Waals surface area contributed by atoms with E-state index in [0.29, 0.717) is 6.04 Å². The predicted molar refractivity (Wildman–Crippen MR) is 82.5 cm³/mol. The maximum absolute atomic E-state index is 13.0. The summed E-state index contributed by atoms with van der Waals surface area (Å²) in [6.07, 6.45) is 6.22. The summed E-state index contributed by atoms with van der Waals surface area (Å²) >= 11 is 1.69. The lowest BCUT2D eigenvalue weighted by Gasteiger charge is -2.19. The largest absolute Gasteiger partial charge is 0.310 e. The van der Waals surface area contributed by atoms with Crippen LogP contribution < -0.4 is 5.32 Å². The maximum Gasteiger partial charge on any atom is 0.123 e. The number of thiazole rings is 1. The maximum atomic E-state index is 13.0. The van der Waals surface area contributed by atoms with Crippen LogP contribution in [0.5, 0.6) is 0 Å². The molecule has 1 aromatic heterocycles. The Morgan fingerprint density at radius 3 is 2.75 bits per heavy atom. The molecule has 2 aromatic rings. The van der Waals surface area contributed by atoms with Crippen molar-refractivity contribution in [1.29, 1.82) is 0 Å². The van der Waals surface area contributed by atoms with Crippen LogP contribution in [0.15, 0.2) is 35.8 Å². The normalized spacial score (nSPS) is 12.5. The van der Waals surface area contributed by atoms with Gasteiger partial charge in [0.1, 0.15) is 5.82 Å². The summed E-state index contributed by atoms with van der Waals surface area (Å²) in [6, 6.07) is 7.14. The SMILES string of the molecule is CCCCC(NCCc1nccs1)c1ccc(F)cc1. The van der Waals surface area contributed by atoms with Crippen molar-refractivity contribution < 1.29 is 4.39 Å². The van der Waals surface area contributed by atoms with Gasteiger partial charge in [-0.15, -0.1) is 11.3 Å². The van der Waals surface area contributed by atoms with Gasteiger partial charge in [-0.2, -0.15) is 0 Å². The topological polar surface area (TPSA) is 24.9 Å². The van der Waals surface area contributed by atoms with Gasteiger partial charge >= 0.3 is 0 Å². The van der Waals surface area contributed by atoms with Gasteiger partial charge in [-0.05, 0) is 24.1 Å². The number of unbranched alkanes of at least 4 members (excludes halogenated alkanes) is 1. The van der Waals surface area contributed by atoms with Crippen LogP contribution in [0.3, 0.4) is 0 Å². The van der Waals surface area contributed by atoms with Crippen molar-refractivity contribution in [3.05, 3.63) is 52.2 Å². The van der Waals surface area contributed by atoms with Gasteiger partial charge in [-0.25, -0.2) is 9.37 Å². The summed E-state index contributed by atoms with van der Waals surface area (Å²) in [5.41, 5.74) is 1.17. The Bertz CT molecular complexity index is 482. The Balaban J connectivity index is 1.90. The Labute approximate surface area is 124 Å². The standard InChI is InChI=1S/C16H21FN2S/c1-2-3-4-15(13-5-7-14(17)8-6-13)18-10-9-16-19-11-12-20-16/h5-8,11-12,15,18H,2-4,9-10H2,1H3. The average Bonchev–Trinajstić information content (AvgIpc) is 2.97. The highest BCUT2D eigenvalue weighted by atomic mass is 32.1. The lowest BCUT2D eigenvalue weighted by Crippen LogP contribution is -2.23. The van der Waals surface area contributed by atoms with Crippen LogP contribution >= 0.6 is 11.3 Å². The molecule has 1 unspecified atom stereocenters. The third-order valence-corrected chi connectivity index (χ3v) is 4.17. The van der Waals surface area contributed by atoms with E-state index in [1.165, 1.54) is 30.5 Å². The second kappa shape index (κ2) is 8.12. The molecule has 1 N–H and O–H groups in total. The Kier molecular flexibility index (Phi) is 6.15. The molecule has 1 atom stereocenters. The highest BCUT2D eigenvalue weighted by Gasteiger charge is 2.10. The number of hydrogen-bond donors (Lipinski definition) is 1. The molecule has 0 aliphatic rings. The van der Waals surface area contributed by atoms with E-state index in [0.717, 1.165) is 24.4 Å². The second-order valence-corrected chi connectivity index (χ2v) is 5.86. The minimum atomic E-state index is -0.175. The molecule has 108 valence electrons. The van der Waals surface area contributed by atoms with Crippen molar-refractivity contribution in [3.8, 4) is 0 Å². The van der Waals surface area contributed by atoms with Crippen molar-refractivity contribution in [2.45, 2.75) is 38.6 Å². The number of nitrogens with zero attached hydrogens (tertiary/aromatic N) is 1. The Morgan fingerprint density at radius 2 is 2.10 bits per heavy atom. The lowest BCUT2D eigenvalue weighted by molar-refractivity contribution is 0.483. The molecule has 4 heteroatoms. The summed E-state index contributed by atoms with van der Waals surface area (Å²) < 4.78 is 13.0. The van der Waals surface area contributed by atoms with Gasteiger partial charge in [0.05, 0.1) is 5.01 Å². The zero-order chi connectivity index (χ0) is 14.2. The first-order valence-electron chi connectivity index (χ1n) is 7.17. The quantitative estimate of drug-likeness (QED) is 0.782. The van der Waals surface area contributed by atoms with Crippen LogP contribution in [0.25, 0.3) is 0 Å². The summed E-state index contributed by atoms with van der Waals surface area (Å²) in [7, 11) is 0.